The summed E-state index contributed by atoms with van der Waals surface area (Å²) in [6.45, 7) is 1.67. The van der Waals surface area contributed by atoms with Crippen molar-refractivity contribution in [2.24, 2.45) is 0 Å². The molecule has 1 aliphatic rings. The van der Waals surface area contributed by atoms with Crippen molar-refractivity contribution in [2.75, 3.05) is 12.0 Å². The van der Waals surface area contributed by atoms with Crippen molar-refractivity contribution in [2.45, 2.75) is 25.5 Å². The fraction of sp³-hybridized carbons (Fsp3) is 0.263. The predicted molar refractivity (Wildman–Crippen MR) is 97.5 cm³/mol. The second-order valence-corrected chi connectivity index (χ2v) is 7.06. The highest BCUT2D eigenvalue weighted by Gasteiger charge is 2.50. The van der Waals surface area contributed by atoms with Gasteiger partial charge in [-0.05, 0) is 42.8 Å². The van der Waals surface area contributed by atoms with Crippen LogP contribution >= 0.6 is 15.9 Å². The van der Waals surface area contributed by atoms with Gasteiger partial charge in [-0.25, -0.2) is 0 Å². The number of benzene rings is 2. The van der Waals surface area contributed by atoms with Crippen LogP contribution in [0.1, 0.15) is 24.5 Å². The van der Waals surface area contributed by atoms with Crippen molar-refractivity contribution < 1.29 is 19.4 Å². The molecular formula is C19H18BrNO4. The maximum atomic E-state index is 12.9. The topological polar surface area (TPSA) is 66.8 Å². The first-order valence-corrected chi connectivity index (χ1v) is 8.61. The smallest absolute Gasteiger partial charge is 0.264 e. The standard InChI is InChI=1S/C19H18BrNO4/c1-12(22)10-19(24)16-9-14(20)5-8-17(16)21(18(19)23)11-13-3-6-15(25-2)7-4-13/h3-9,24H,10-11H2,1-2H3. The van der Waals surface area contributed by atoms with E-state index in [9.17, 15) is 14.7 Å². The summed E-state index contributed by atoms with van der Waals surface area (Å²) in [6.07, 6.45) is -0.242. The summed E-state index contributed by atoms with van der Waals surface area (Å²) in [7, 11) is 1.59. The molecule has 25 heavy (non-hydrogen) atoms. The first-order valence-electron chi connectivity index (χ1n) is 7.82. The minimum absolute atomic E-state index is 0.242. The second kappa shape index (κ2) is 6.61. The van der Waals surface area contributed by atoms with Crippen LogP contribution in [0.5, 0.6) is 5.75 Å². The summed E-state index contributed by atoms with van der Waals surface area (Å²) in [5.74, 6) is 0.00797. The van der Waals surface area contributed by atoms with E-state index in [1.807, 2.05) is 30.3 Å². The highest BCUT2D eigenvalue weighted by molar-refractivity contribution is 9.10. The van der Waals surface area contributed by atoms with E-state index >= 15 is 0 Å². The van der Waals surface area contributed by atoms with Crippen LogP contribution in [-0.2, 0) is 21.7 Å². The first-order chi connectivity index (χ1) is 11.8. The average Bonchev–Trinajstić information content (AvgIpc) is 2.77. The van der Waals surface area contributed by atoms with Gasteiger partial charge in [-0.2, -0.15) is 0 Å². The number of anilines is 1. The Bertz CT molecular complexity index is 834. The normalized spacial score (nSPS) is 19.0. The zero-order valence-electron chi connectivity index (χ0n) is 14.0. The maximum absolute atomic E-state index is 12.9. The van der Waals surface area contributed by atoms with E-state index in [1.165, 1.54) is 11.8 Å². The van der Waals surface area contributed by atoms with Crippen molar-refractivity contribution in [3.8, 4) is 5.75 Å². The van der Waals surface area contributed by atoms with Crippen molar-refractivity contribution in [1.82, 2.24) is 0 Å². The van der Waals surface area contributed by atoms with Crippen LogP contribution in [0.4, 0.5) is 5.69 Å². The van der Waals surface area contributed by atoms with Gasteiger partial charge in [0.1, 0.15) is 11.5 Å². The SMILES string of the molecule is COc1ccc(CN2C(=O)C(O)(CC(C)=O)c3cc(Br)ccc32)cc1. The molecule has 0 radical (unpaired) electrons. The minimum atomic E-state index is -1.82. The van der Waals surface area contributed by atoms with Gasteiger partial charge < -0.3 is 14.7 Å². The van der Waals surface area contributed by atoms with E-state index in [4.69, 9.17) is 4.74 Å². The Morgan fingerprint density at radius 3 is 2.52 bits per heavy atom. The van der Waals surface area contributed by atoms with Crippen LogP contribution in [0.15, 0.2) is 46.9 Å². The highest BCUT2D eigenvalue weighted by atomic mass is 79.9. The third-order valence-corrected chi connectivity index (χ3v) is 4.79. The molecule has 0 aromatic heterocycles. The number of aliphatic hydroxyl groups is 1. The van der Waals surface area contributed by atoms with Gasteiger partial charge in [0.2, 0.25) is 0 Å². The van der Waals surface area contributed by atoms with Crippen LogP contribution in [0.25, 0.3) is 0 Å². The molecule has 2 aromatic rings. The lowest BCUT2D eigenvalue weighted by molar-refractivity contribution is -0.141. The predicted octanol–water partition coefficient (Wildman–Crippen LogP) is 3.17. The fourth-order valence-corrected chi connectivity index (χ4v) is 3.49. The molecule has 0 saturated heterocycles. The van der Waals surface area contributed by atoms with E-state index < -0.39 is 11.5 Å². The summed E-state index contributed by atoms with van der Waals surface area (Å²) < 4.78 is 5.89. The number of rotatable bonds is 5. The number of ether oxygens (including phenoxy) is 1. The number of Topliss-reactive ketones (excluding diaryl/α,β-unsaturated/α-hetero) is 1. The number of hydrogen-bond acceptors (Lipinski definition) is 4. The number of ketones is 1. The molecule has 1 N–H and O–H groups in total. The van der Waals surface area contributed by atoms with Gasteiger partial charge in [-0.15, -0.1) is 0 Å². The van der Waals surface area contributed by atoms with Gasteiger partial charge >= 0.3 is 0 Å². The van der Waals surface area contributed by atoms with Crippen molar-refractivity contribution in [1.29, 1.82) is 0 Å². The molecule has 1 aliphatic heterocycles. The summed E-state index contributed by atoms with van der Waals surface area (Å²) in [6, 6.07) is 12.7. The molecule has 0 bridgehead atoms. The number of carbonyl (C=O) groups excluding carboxylic acids is 2. The number of fused-ring (bicyclic) bond motifs is 1. The van der Waals surface area contributed by atoms with Crippen LogP contribution in [0, 0.1) is 0 Å². The minimum Gasteiger partial charge on any atom is -0.497 e. The molecule has 1 heterocycles. The van der Waals surface area contributed by atoms with E-state index in [2.05, 4.69) is 15.9 Å². The molecule has 6 heteroatoms. The Morgan fingerprint density at radius 2 is 1.92 bits per heavy atom. The van der Waals surface area contributed by atoms with Crippen LogP contribution in [0.3, 0.4) is 0 Å². The monoisotopic (exact) mass is 403 g/mol. The van der Waals surface area contributed by atoms with Gasteiger partial charge in [-0.1, -0.05) is 28.1 Å². The van der Waals surface area contributed by atoms with Crippen LogP contribution in [0.2, 0.25) is 0 Å². The van der Waals surface area contributed by atoms with Gasteiger partial charge in [0.25, 0.3) is 5.91 Å². The summed E-state index contributed by atoms with van der Waals surface area (Å²) in [5.41, 5.74) is 0.149. The third kappa shape index (κ3) is 3.19. The lowest BCUT2D eigenvalue weighted by Crippen LogP contribution is -2.41. The lowest BCUT2D eigenvalue weighted by atomic mass is 9.90. The number of halogens is 1. The van der Waals surface area contributed by atoms with Gasteiger partial charge in [0.05, 0.1) is 19.3 Å². The molecule has 3 rings (SSSR count). The number of amides is 1. The molecule has 1 amide bonds. The molecule has 2 aromatic carbocycles. The Kier molecular flexibility index (Phi) is 4.67. The molecule has 0 spiro atoms. The number of hydrogen-bond donors (Lipinski definition) is 1. The quantitative estimate of drug-likeness (QED) is 0.832. The molecular weight excluding hydrogens is 386 g/mol. The van der Waals surface area contributed by atoms with Gasteiger partial charge in [-0.3, -0.25) is 9.59 Å². The van der Waals surface area contributed by atoms with E-state index in [1.54, 1.807) is 19.2 Å². The summed E-state index contributed by atoms with van der Waals surface area (Å²) in [5, 5.41) is 11.0. The largest absolute Gasteiger partial charge is 0.497 e. The van der Waals surface area contributed by atoms with Crippen LogP contribution < -0.4 is 9.64 Å². The zero-order valence-corrected chi connectivity index (χ0v) is 15.5. The van der Waals surface area contributed by atoms with Gasteiger partial charge in [0, 0.05) is 16.5 Å². The Labute approximate surface area is 154 Å². The fourth-order valence-electron chi connectivity index (χ4n) is 3.12. The summed E-state index contributed by atoms with van der Waals surface area (Å²) >= 11 is 3.37. The lowest BCUT2D eigenvalue weighted by Gasteiger charge is -2.22. The van der Waals surface area contributed by atoms with Crippen molar-refractivity contribution in [3.63, 3.8) is 0 Å². The molecule has 1 atom stereocenters. The van der Waals surface area contributed by atoms with E-state index in [-0.39, 0.29) is 12.2 Å². The summed E-state index contributed by atoms with van der Waals surface area (Å²) in [4.78, 5) is 26.1. The number of methoxy groups -OCH3 is 1. The van der Waals surface area contributed by atoms with Gasteiger partial charge in [0.15, 0.2) is 5.60 Å². The zero-order chi connectivity index (χ0) is 18.2. The van der Waals surface area contributed by atoms with E-state index in [0.29, 0.717) is 17.8 Å². The first kappa shape index (κ1) is 17.6. The second-order valence-electron chi connectivity index (χ2n) is 6.14. The maximum Gasteiger partial charge on any atom is 0.264 e. The molecule has 0 saturated carbocycles. The molecule has 5 nitrogen and oxygen atoms in total. The Hall–Kier alpha value is -2.18. The molecule has 130 valence electrons. The Morgan fingerprint density at radius 1 is 1.24 bits per heavy atom. The van der Waals surface area contributed by atoms with E-state index in [0.717, 1.165) is 15.8 Å². The average molecular weight is 404 g/mol. The molecule has 0 aliphatic carbocycles. The number of nitrogens with zero attached hydrogens (tertiary/aromatic N) is 1. The van der Waals surface area contributed by atoms with Crippen LogP contribution in [-0.4, -0.2) is 23.9 Å². The third-order valence-electron chi connectivity index (χ3n) is 4.30. The molecule has 1 unspecified atom stereocenters. The van der Waals surface area contributed by atoms with Crippen molar-refractivity contribution in [3.05, 3.63) is 58.1 Å². The molecule has 0 fully saturated rings. The van der Waals surface area contributed by atoms with Crippen molar-refractivity contribution >= 4 is 33.3 Å². The Balaban J connectivity index is 2.00. The number of carbonyl (C=O) groups is 2. The highest BCUT2D eigenvalue weighted by Crippen LogP contribution is 2.44.